The average Bonchev–Trinajstić information content (AvgIpc) is 2.31. The maximum absolute atomic E-state index is 13.9. The number of anilines is 1. The van der Waals surface area contributed by atoms with Crippen molar-refractivity contribution in [2.45, 2.75) is 6.92 Å². The van der Waals surface area contributed by atoms with Gasteiger partial charge in [-0.2, -0.15) is 0 Å². The molecule has 2 N–H and O–H groups in total. The van der Waals surface area contributed by atoms with E-state index in [1.54, 1.807) is 30.5 Å². The second-order valence-corrected chi connectivity index (χ2v) is 3.51. The molecule has 1 heterocycles. The largest absolute Gasteiger partial charge is 0.494 e. The molecule has 4 heteroatoms. The predicted octanol–water partition coefficient (Wildman–Crippen LogP) is 2.87. The Labute approximate surface area is 99.1 Å². The lowest BCUT2D eigenvalue weighted by Gasteiger charge is -2.08. The number of nitrogens with zero attached hydrogens (tertiary/aromatic N) is 1. The Balaban J connectivity index is 2.44. The molecule has 0 unspecified atom stereocenters. The van der Waals surface area contributed by atoms with Crippen LogP contribution in [0.5, 0.6) is 5.75 Å². The van der Waals surface area contributed by atoms with Crippen molar-refractivity contribution in [1.82, 2.24) is 4.98 Å². The molecule has 0 spiro atoms. The average molecular weight is 232 g/mol. The van der Waals surface area contributed by atoms with Crippen LogP contribution >= 0.6 is 0 Å². The van der Waals surface area contributed by atoms with E-state index in [1.807, 2.05) is 6.92 Å². The molecule has 0 aliphatic heterocycles. The first-order valence-electron chi connectivity index (χ1n) is 5.35. The number of halogens is 1. The summed E-state index contributed by atoms with van der Waals surface area (Å²) >= 11 is 0. The van der Waals surface area contributed by atoms with Crippen molar-refractivity contribution in [2.24, 2.45) is 0 Å². The van der Waals surface area contributed by atoms with Gasteiger partial charge in [-0.15, -0.1) is 0 Å². The molecule has 3 nitrogen and oxygen atoms in total. The van der Waals surface area contributed by atoms with Gasteiger partial charge < -0.3 is 10.5 Å². The number of aromatic nitrogens is 1. The van der Waals surface area contributed by atoms with Crippen LogP contribution in [0.4, 0.5) is 10.2 Å². The highest BCUT2D eigenvalue weighted by atomic mass is 19.1. The summed E-state index contributed by atoms with van der Waals surface area (Å²) in [7, 11) is 0. The summed E-state index contributed by atoms with van der Waals surface area (Å²) in [6, 6.07) is 8.18. The highest BCUT2D eigenvalue weighted by molar-refractivity contribution is 5.74. The summed E-state index contributed by atoms with van der Waals surface area (Å²) in [4.78, 5) is 3.94. The van der Waals surface area contributed by atoms with Crippen molar-refractivity contribution < 1.29 is 9.13 Å². The number of nitrogens with two attached hydrogens (primary N) is 1. The SMILES string of the molecule is CCOc1ccc(-c2cccnc2N)c(F)c1. The van der Waals surface area contributed by atoms with Gasteiger partial charge in [0.05, 0.1) is 6.61 Å². The molecule has 0 aliphatic carbocycles. The Morgan fingerprint density at radius 2 is 2.12 bits per heavy atom. The summed E-state index contributed by atoms with van der Waals surface area (Å²) in [5.74, 6) is 0.461. The highest BCUT2D eigenvalue weighted by Gasteiger charge is 2.09. The Bertz CT molecular complexity index is 529. The van der Waals surface area contributed by atoms with Gasteiger partial charge in [0, 0.05) is 23.4 Å². The molecule has 0 fully saturated rings. The number of benzene rings is 1. The van der Waals surface area contributed by atoms with Crippen LogP contribution in [-0.2, 0) is 0 Å². The van der Waals surface area contributed by atoms with Gasteiger partial charge in [0.15, 0.2) is 0 Å². The number of hydrogen-bond acceptors (Lipinski definition) is 3. The Hall–Kier alpha value is -2.10. The third kappa shape index (κ3) is 2.36. The predicted molar refractivity (Wildman–Crippen MR) is 65.2 cm³/mol. The summed E-state index contributed by atoms with van der Waals surface area (Å²) in [6.45, 7) is 2.36. The molecular weight excluding hydrogens is 219 g/mol. The minimum absolute atomic E-state index is 0.315. The summed E-state index contributed by atoms with van der Waals surface area (Å²) in [5.41, 5.74) is 6.73. The number of nitrogen functional groups attached to an aromatic ring is 1. The zero-order valence-electron chi connectivity index (χ0n) is 9.48. The minimum Gasteiger partial charge on any atom is -0.494 e. The van der Waals surface area contributed by atoms with Crippen LogP contribution in [0, 0.1) is 5.82 Å². The first kappa shape index (κ1) is 11.4. The van der Waals surface area contributed by atoms with Crippen LogP contribution < -0.4 is 10.5 Å². The molecule has 0 amide bonds. The fraction of sp³-hybridized carbons (Fsp3) is 0.154. The fourth-order valence-corrected chi connectivity index (χ4v) is 1.62. The topological polar surface area (TPSA) is 48.1 Å². The molecule has 0 saturated carbocycles. The number of ether oxygens (including phenoxy) is 1. The van der Waals surface area contributed by atoms with E-state index >= 15 is 0 Å². The van der Waals surface area contributed by atoms with E-state index < -0.39 is 0 Å². The normalized spacial score (nSPS) is 10.2. The van der Waals surface area contributed by atoms with Crippen LogP contribution in [0.2, 0.25) is 0 Å². The van der Waals surface area contributed by atoms with Crippen molar-refractivity contribution in [2.75, 3.05) is 12.3 Å². The molecule has 0 radical (unpaired) electrons. The Morgan fingerprint density at radius 1 is 1.29 bits per heavy atom. The van der Waals surface area contributed by atoms with Crippen molar-refractivity contribution >= 4 is 5.82 Å². The lowest BCUT2D eigenvalue weighted by atomic mass is 10.1. The minimum atomic E-state index is -0.365. The third-order valence-corrected chi connectivity index (χ3v) is 2.38. The summed E-state index contributed by atoms with van der Waals surface area (Å²) < 4.78 is 19.1. The fourth-order valence-electron chi connectivity index (χ4n) is 1.62. The van der Waals surface area contributed by atoms with Crippen LogP contribution in [-0.4, -0.2) is 11.6 Å². The van der Waals surface area contributed by atoms with Crippen molar-refractivity contribution in [3.63, 3.8) is 0 Å². The molecule has 1 aromatic carbocycles. The van der Waals surface area contributed by atoms with E-state index in [4.69, 9.17) is 10.5 Å². The molecule has 88 valence electrons. The van der Waals surface area contributed by atoms with E-state index in [2.05, 4.69) is 4.98 Å². The van der Waals surface area contributed by atoms with Gasteiger partial charge in [0.1, 0.15) is 17.4 Å². The van der Waals surface area contributed by atoms with Gasteiger partial charge >= 0.3 is 0 Å². The number of hydrogen-bond donors (Lipinski definition) is 1. The lowest BCUT2D eigenvalue weighted by Crippen LogP contribution is -1.96. The van der Waals surface area contributed by atoms with E-state index in [-0.39, 0.29) is 5.82 Å². The van der Waals surface area contributed by atoms with Crippen LogP contribution in [0.15, 0.2) is 36.5 Å². The maximum Gasteiger partial charge on any atom is 0.134 e. The van der Waals surface area contributed by atoms with E-state index in [0.29, 0.717) is 29.3 Å². The van der Waals surface area contributed by atoms with Gasteiger partial charge in [-0.3, -0.25) is 0 Å². The van der Waals surface area contributed by atoms with Gasteiger partial charge in [0.25, 0.3) is 0 Å². The van der Waals surface area contributed by atoms with Gasteiger partial charge in [-0.25, -0.2) is 9.37 Å². The van der Waals surface area contributed by atoms with Crippen LogP contribution in [0.3, 0.4) is 0 Å². The molecule has 0 bridgehead atoms. The van der Waals surface area contributed by atoms with Crippen molar-refractivity contribution in [1.29, 1.82) is 0 Å². The number of rotatable bonds is 3. The third-order valence-electron chi connectivity index (χ3n) is 2.38. The zero-order chi connectivity index (χ0) is 12.3. The van der Waals surface area contributed by atoms with Crippen molar-refractivity contribution in [3.8, 4) is 16.9 Å². The standard InChI is InChI=1S/C13H13FN2O/c1-2-17-9-5-6-10(12(14)8-9)11-4-3-7-16-13(11)15/h3-8H,2H2,1H3,(H2,15,16). The first-order chi connectivity index (χ1) is 8.22. The second-order valence-electron chi connectivity index (χ2n) is 3.51. The molecule has 0 atom stereocenters. The molecule has 17 heavy (non-hydrogen) atoms. The summed E-state index contributed by atoms with van der Waals surface area (Å²) in [6.07, 6.45) is 1.57. The van der Waals surface area contributed by atoms with E-state index in [9.17, 15) is 4.39 Å². The molecule has 0 saturated heterocycles. The van der Waals surface area contributed by atoms with Gasteiger partial charge in [-0.05, 0) is 31.2 Å². The molecule has 2 rings (SSSR count). The highest BCUT2D eigenvalue weighted by Crippen LogP contribution is 2.28. The molecule has 0 aliphatic rings. The zero-order valence-corrected chi connectivity index (χ0v) is 9.48. The monoisotopic (exact) mass is 232 g/mol. The first-order valence-corrected chi connectivity index (χ1v) is 5.35. The Kier molecular flexibility index (Phi) is 3.23. The van der Waals surface area contributed by atoms with E-state index in [1.165, 1.54) is 6.07 Å². The molecular formula is C13H13FN2O. The van der Waals surface area contributed by atoms with Crippen LogP contribution in [0.25, 0.3) is 11.1 Å². The van der Waals surface area contributed by atoms with Crippen LogP contribution in [0.1, 0.15) is 6.92 Å². The van der Waals surface area contributed by atoms with E-state index in [0.717, 1.165) is 0 Å². The van der Waals surface area contributed by atoms with Gasteiger partial charge in [-0.1, -0.05) is 0 Å². The van der Waals surface area contributed by atoms with Gasteiger partial charge in [0.2, 0.25) is 0 Å². The molecule has 2 aromatic rings. The lowest BCUT2D eigenvalue weighted by molar-refractivity contribution is 0.338. The summed E-state index contributed by atoms with van der Waals surface area (Å²) in [5, 5.41) is 0. The molecule has 1 aromatic heterocycles. The van der Waals surface area contributed by atoms with Crippen molar-refractivity contribution in [3.05, 3.63) is 42.3 Å². The maximum atomic E-state index is 13.9. The quantitative estimate of drug-likeness (QED) is 0.885. The smallest absolute Gasteiger partial charge is 0.134 e. The Morgan fingerprint density at radius 3 is 2.76 bits per heavy atom. The second kappa shape index (κ2) is 4.82. The number of pyridine rings is 1.